The zero-order chi connectivity index (χ0) is 27.0. The summed E-state index contributed by atoms with van der Waals surface area (Å²) < 4.78 is 41.8. The number of hydrogen-bond acceptors (Lipinski definition) is 4. The highest BCUT2D eigenvalue weighted by molar-refractivity contribution is 9.10. The number of carbonyl (C=O) groups is 3. The summed E-state index contributed by atoms with van der Waals surface area (Å²) in [6.07, 6.45) is -5.02. The van der Waals surface area contributed by atoms with E-state index in [2.05, 4.69) is 31.3 Å². The molecule has 0 bridgehead atoms. The van der Waals surface area contributed by atoms with E-state index in [1.165, 1.54) is 17.0 Å². The topological polar surface area (TPSA) is 108 Å². The Morgan fingerprint density at radius 2 is 1.54 bits per heavy atom. The number of amides is 3. The summed E-state index contributed by atoms with van der Waals surface area (Å²) >= 11 is 3.35. The molecule has 0 aliphatic carbocycles. The van der Waals surface area contributed by atoms with Gasteiger partial charge in [0.25, 0.3) is 5.91 Å². The highest BCUT2D eigenvalue weighted by Crippen LogP contribution is 2.25. The van der Waals surface area contributed by atoms with E-state index in [4.69, 9.17) is 5.11 Å². The molecule has 0 atom stereocenters. The molecule has 37 heavy (non-hydrogen) atoms. The lowest BCUT2D eigenvalue weighted by Gasteiger charge is -2.24. The van der Waals surface area contributed by atoms with E-state index in [-0.39, 0.29) is 25.2 Å². The van der Waals surface area contributed by atoms with Crippen LogP contribution >= 0.6 is 15.9 Å². The number of hydrogen-bond donors (Lipinski definition) is 3. The SMILES string of the molecule is O=C(O)CCNC(=O)c1ccc(CN(C(=O)Nc2ccc(OC(F)(F)F)cc2)c2ccc(Br)cc2)cc1. The van der Waals surface area contributed by atoms with Crippen molar-refractivity contribution < 1.29 is 37.4 Å². The van der Waals surface area contributed by atoms with Crippen molar-refractivity contribution >= 4 is 45.2 Å². The van der Waals surface area contributed by atoms with Gasteiger partial charge in [0.1, 0.15) is 5.75 Å². The average Bonchev–Trinajstić information content (AvgIpc) is 2.83. The van der Waals surface area contributed by atoms with Crippen molar-refractivity contribution in [1.29, 1.82) is 0 Å². The molecule has 0 heterocycles. The average molecular weight is 580 g/mol. The van der Waals surface area contributed by atoms with Crippen molar-refractivity contribution in [3.05, 3.63) is 88.4 Å². The fourth-order valence-electron chi connectivity index (χ4n) is 3.16. The van der Waals surface area contributed by atoms with Gasteiger partial charge in [0.05, 0.1) is 13.0 Å². The number of anilines is 2. The fourth-order valence-corrected chi connectivity index (χ4v) is 3.43. The molecule has 3 amide bonds. The van der Waals surface area contributed by atoms with Gasteiger partial charge in [0.2, 0.25) is 0 Å². The Labute approximate surface area is 218 Å². The quantitative estimate of drug-likeness (QED) is 0.297. The normalized spacial score (nSPS) is 10.9. The molecule has 0 aliphatic rings. The zero-order valence-corrected chi connectivity index (χ0v) is 20.7. The van der Waals surface area contributed by atoms with Gasteiger partial charge in [-0.05, 0) is 66.2 Å². The minimum Gasteiger partial charge on any atom is -0.481 e. The van der Waals surface area contributed by atoms with Crippen LogP contribution in [0.15, 0.2) is 77.3 Å². The number of carboxylic acid groups (broad SMARTS) is 1. The predicted octanol–water partition coefficient (Wildman–Crippen LogP) is 5.79. The Bertz CT molecular complexity index is 1230. The number of carboxylic acids is 1. The Kier molecular flexibility index (Phi) is 9.12. The number of nitrogens with one attached hydrogen (secondary N) is 2. The molecule has 0 saturated heterocycles. The highest BCUT2D eigenvalue weighted by atomic mass is 79.9. The van der Waals surface area contributed by atoms with Gasteiger partial charge in [-0.3, -0.25) is 14.5 Å². The van der Waals surface area contributed by atoms with Crippen LogP contribution in [-0.4, -0.2) is 35.9 Å². The summed E-state index contributed by atoms with van der Waals surface area (Å²) in [5.41, 5.74) is 1.83. The molecule has 0 unspecified atom stereocenters. The van der Waals surface area contributed by atoms with Crippen molar-refractivity contribution in [2.45, 2.75) is 19.3 Å². The van der Waals surface area contributed by atoms with Crippen LogP contribution in [0.3, 0.4) is 0 Å². The maximum absolute atomic E-state index is 13.1. The van der Waals surface area contributed by atoms with E-state index in [9.17, 15) is 27.6 Å². The predicted molar refractivity (Wildman–Crippen MR) is 133 cm³/mol. The molecule has 3 N–H and O–H groups in total. The maximum Gasteiger partial charge on any atom is 0.573 e. The lowest BCUT2D eigenvalue weighted by atomic mass is 10.1. The molecule has 0 saturated carbocycles. The van der Waals surface area contributed by atoms with E-state index in [0.717, 1.165) is 16.6 Å². The van der Waals surface area contributed by atoms with Gasteiger partial charge in [0, 0.05) is 28.0 Å². The molecule has 0 aromatic heterocycles. The second kappa shape index (κ2) is 12.3. The fraction of sp³-hybridized carbons (Fsp3) is 0.160. The largest absolute Gasteiger partial charge is 0.573 e. The lowest BCUT2D eigenvalue weighted by molar-refractivity contribution is -0.274. The van der Waals surface area contributed by atoms with Crippen molar-refractivity contribution in [2.75, 3.05) is 16.8 Å². The Morgan fingerprint density at radius 3 is 2.11 bits per heavy atom. The van der Waals surface area contributed by atoms with Gasteiger partial charge < -0.3 is 20.5 Å². The summed E-state index contributed by atoms with van der Waals surface area (Å²) in [5, 5.41) is 13.8. The smallest absolute Gasteiger partial charge is 0.481 e. The summed E-state index contributed by atoms with van der Waals surface area (Å²) in [7, 11) is 0. The van der Waals surface area contributed by atoms with Gasteiger partial charge in [-0.25, -0.2) is 4.79 Å². The number of benzene rings is 3. The molecule has 3 aromatic rings. The molecule has 0 aliphatic heterocycles. The van der Waals surface area contributed by atoms with E-state index in [1.807, 2.05) is 0 Å². The first-order chi connectivity index (χ1) is 17.5. The van der Waals surface area contributed by atoms with Crippen molar-refractivity contribution in [3.8, 4) is 5.75 Å². The monoisotopic (exact) mass is 579 g/mol. The number of alkyl halides is 3. The third-order valence-electron chi connectivity index (χ3n) is 4.90. The maximum atomic E-state index is 13.1. The lowest BCUT2D eigenvalue weighted by Crippen LogP contribution is -2.34. The molecule has 8 nitrogen and oxygen atoms in total. The molecular weight excluding hydrogens is 559 g/mol. The van der Waals surface area contributed by atoms with Crippen molar-refractivity contribution in [2.24, 2.45) is 0 Å². The molecule has 194 valence electrons. The third-order valence-corrected chi connectivity index (χ3v) is 5.43. The zero-order valence-electron chi connectivity index (χ0n) is 19.1. The molecule has 0 spiro atoms. The number of carbonyl (C=O) groups excluding carboxylic acids is 2. The number of ether oxygens (including phenoxy) is 1. The van der Waals surface area contributed by atoms with Crippen LogP contribution in [0.4, 0.5) is 29.3 Å². The number of aliphatic carboxylic acids is 1. The highest BCUT2D eigenvalue weighted by Gasteiger charge is 2.31. The van der Waals surface area contributed by atoms with Gasteiger partial charge in [-0.2, -0.15) is 0 Å². The summed E-state index contributed by atoms with van der Waals surface area (Å²) in [4.78, 5) is 37.3. The molecule has 12 heteroatoms. The Hall–Kier alpha value is -4.06. The van der Waals surface area contributed by atoms with E-state index < -0.39 is 30.0 Å². The van der Waals surface area contributed by atoms with Crippen LogP contribution in [-0.2, 0) is 11.3 Å². The van der Waals surface area contributed by atoms with Crippen LogP contribution in [0.1, 0.15) is 22.3 Å². The molecule has 3 rings (SSSR count). The van der Waals surface area contributed by atoms with Gasteiger partial charge in [-0.15, -0.1) is 13.2 Å². The number of urea groups is 1. The van der Waals surface area contributed by atoms with E-state index >= 15 is 0 Å². The van der Waals surface area contributed by atoms with Crippen LogP contribution in [0.25, 0.3) is 0 Å². The second-order valence-corrected chi connectivity index (χ2v) is 8.58. The number of halogens is 4. The summed E-state index contributed by atoms with van der Waals surface area (Å²) in [6, 6.07) is 17.6. The van der Waals surface area contributed by atoms with E-state index in [1.54, 1.807) is 48.5 Å². The number of nitrogens with zero attached hydrogens (tertiary/aromatic N) is 1. The first-order valence-corrected chi connectivity index (χ1v) is 11.6. The van der Waals surface area contributed by atoms with Gasteiger partial charge in [0.15, 0.2) is 0 Å². The standard InChI is InChI=1S/C25H21BrF3N3O5/c26-18-5-9-20(10-6-18)32(24(36)31-19-7-11-21(12-8-19)37-25(27,28)29)15-16-1-3-17(4-2-16)23(35)30-14-13-22(33)34/h1-12H,13-15H2,(H,30,35)(H,31,36)(H,33,34). The molecular formula is C25H21BrF3N3O5. The Balaban J connectivity index is 1.73. The van der Waals surface area contributed by atoms with Crippen molar-refractivity contribution in [1.82, 2.24) is 5.32 Å². The Morgan fingerprint density at radius 1 is 0.919 bits per heavy atom. The third kappa shape index (κ3) is 8.83. The van der Waals surface area contributed by atoms with Gasteiger partial charge in [-0.1, -0.05) is 28.1 Å². The molecule has 0 radical (unpaired) electrons. The second-order valence-electron chi connectivity index (χ2n) is 7.66. The van der Waals surface area contributed by atoms with Gasteiger partial charge >= 0.3 is 18.4 Å². The minimum atomic E-state index is -4.82. The van der Waals surface area contributed by atoms with Crippen LogP contribution in [0.2, 0.25) is 0 Å². The van der Waals surface area contributed by atoms with Crippen molar-refractivity contribution in [3.63, 3.8) is 0 Å². The van der Waals surface area contributed by atoms with Crippen LogP contribution in [0, 0.1) is 0 Å². The number of rotatable bonds is 9. The first-order valence-electron chi connectivity index (χ1n) is 10.8. The summed E-state index contributed by atoms with van der Waals surface area (Å²) in [6.45, 7) is 0.111. The minimum absolute atomic E-state index is 0.00323. The van der Waals surface area contributed by atoms with E-state index in [0.29, 0.717) is 16.8 Å². The molecule has 0 fully saturated rings. The van der Waals surface area contributed by atoms with Crippen LogP contribution < -0.4 is 20.3 Å². The summed E-state index contributed by atoms with van der Waals surface area (Å²) in [5.74, 6) is -1.86. The van der Waals surface area contributed by atoms with Crippen LogP contribution in [0.5, 0.6) is 5.75 Å². The molecule has 3 aromatic carbocycles. The first kappa shape index (κ1) is 27.5.